The van der Waals surface area contributed by atoms with E-state index in [1.807, 2.05) is 28.0 Å². The summed E-state index contributed by atoms with van der Waals surface area (Å²) in [6.45, 7) is 1.66. The Morgan fingerprint density at radius 2 is 1.93 bits per heavy atom. The van der Waals surface area contributed by atoms with Gasteiger partial charge in [-0.2, -0.15) is 0 Å². The third kappa shape index (κ3) is 3.88. The zero-order chi connectivity index (χ0) is 19.7. The van der Waals surface area contributed by atoms with Crippen molar-refractivity contribution < 1.29 is 9.59 Å². The van der Waals surface area contributed by atoms with Crippen molar-refractivity contribution in [3.8, 4) is 0 Å². The lowest BCUT2D eigenvalue weighted by Crippen LogP contribution is -2.46. The number of carbonyl (C=O) groups excluding carboxylic acids is 2. The highest BCUT2D eigenvalue weighted by Gasteiger charge is 2.34. The van der Waals surface area contributed by atoms with Crippen molar-refractivity contribution in [2.45, 2.75) is 25.3 Å². The van der Waals surface area contributed by atoms with Crippen LogP contribution in [0.15, 0.2) is 42.5 Å². The van der Waals surface area contributed by atoms with E-state index >= 15 is 0 Å². The second-order valence-corrected chi connectivity index (χ2v) is 8.01. The van der Waals surface area contributed by atoms with E-state index in [1.54, 1.807) is 18.2 Å². The fourth-order valence-corrected chi connectivity index (χ4v) is 4.43. The molecule has 4 rings (SSSR count). The maximum atomic E-state index is 12.9. The summed E-state index contributed by atoms with van der Waals surface area (Å²) in [5.41, 5.74) is 2.72. The Bertz CT molecular complexity index is 918. The van der Waals surface area contributed by atoms with Gasteiger partial charge in [-0.25, -0.2) is 0 Å². The van der Waals surface area contributed by atoms with Gasteiger partial charge in [0.1, 0.15) is 0 Å². The van der Waals surface area contributed by atoms with Crippen LogP contribution >= 0.6 is 23.2 Å². The standard InChI is InChI=1S/C21H21Cl2N3O2/c22-15-7-8-17(16(23)12-15)24-21(28)19-6-3-10-25(19)13-20(27)26-11-9-14-4-1-2-5-18(14)26/h1-2,4-5,7-8,12,19H,3,6,9-11,13H2,(H,24,28). The molecule has 0 aromatic heterocycles. The molecule has 0 spiro atoms. The largest absolute Gasteiger partial charge is 0.323 e. The number of nitrogens with one attached hydrogen (secondary N) is 1. The number of fused-ring (bicyclic) bond motifs is 1. The van der Waals surface area contributed by atoms with Crippen molar-refractivity contribution in [3.05, 3.63) is 58.1 Å². The summed E-state index contributed by atoms with van der Waals surface area (Å²) in [6, 6.07) is 12.6. The average molecular weight is 418 g/mol. The molecule has 2 aromatic rings. The van der Waals surface area contributed by atoms with Crippen molar-refractivity contribution in [2.24, 2.45) is 0 Å². The second-order valence-electron chi connectivity index (χ2n) is 7.17. The monoisotopic (exact) mass is 417 g/mol. The van der Waals surface area contributed by atoms with Crippen LogP contribution in [-0.4, -0.2) is 42.4 Å². The molecule has 1 unspecified atom stereocenters. The normalized spacial score (nSPS) is 18.9. The molecular weight excluding hydrogens is 397 g/mol. The van der Waals surface area contributed by atoms with Gasteiger partial charge in [-0.3, -0.25) is 14.5 Å². The molecule has 7 heteroatoms. The molecule has 0 radical (unpaired) electrons. The number of hydrogen-bond donors (Lipinski definition) is 1. The van der Waals surface area contributed by atoms with Crippen molar-refractivity contribution >= 4 is 46.4 Å². The molecule has 0 bridgehead atoms. The first kappa shape index (κ1) is 19.2. The Morgan fingerprint density at radius 1 is 1.11 bits per heavy atom. The van der Waals surface area contributed by atoms with Gasteiger partial charge in [-0.05, 0) is 55.6 Å². The molecule has 0 saturated carbocycles. The maximum absolute atomic E-state index is 12.9. The van der Waals surface area contributed by atoms with Crippen LogP contribution in [0.3, 0.4) is 0 Å². The van der Waals surface area contributed by atoms with E-state index in [-0.39, 0.29) is 24.4 Å². The summed E-state index contributed by atoms with van der Waals surface area (Å²) >= 11 is 12.1. The molecule has 2 aromatic carbocycles. The molecule has 2 aliphatic rings. The Morgan fingerprint density at radius 3 is 2.75 bits per heavy atom. The molecule has 1 N–H and O–H groups in total. The molecule has 2 heterocycles. The summed E-state index contributed by atoms with van der Waals surface area (Å²) in [5, 5.41) is 3.79. The van der Waals surface area contributed by atoms with Gasteiger partial charge in [0, 0.05) is 17.3 Å². The van der Waals surface area contributed by atoms with Crippen LogP contribution in [0.2, 0.25) is 10.0 Å². The Balaban J connectivity index is 1.42. The van der Waals surface area contributed by atoms with Gasteiger partial charge in [-0.1, -0.05) is 41.4 Å². The van der Waals surface area contributed by atoms with Crippen molar-refractivity contribution in [1.29, 1.82) is 0 Å². The minimum absolute atomic E-state index is 0.0363. The van der Waals surface area contributed by atoms with Crippen LogP contribution in [0.4, 0.5) is 11.4 Å². The molecule has 1 saturated heterocycles. The first-order chi connectivity index (χ1) is 13.5. The zero-order valence-corrected chi connectivity index (χ0v) is 16.8. The summed E-state index contributed by atoms with van der Waals surface area (Å²) in [6.07, 6.45) is 2.48. The van der Waals surface area contributed by atoms with E-state index in [4.69, 9.17) is 23.2 Å². The fraction of sp³-hybridized carbons (Fsp3) is 0.333. The van der Waals surface area contributed by atoms with Gasteiger partial charge >= 0.3 is 0 Å². The number of benzene rings is 2. The van der Waals surface area contributed by atoms with Gasteiger partial charge in [0.25, 0.3) is 0 Å². The fourth-order valence-electron chi connectivity index (χ4n) is 3.98. The Hall–Kier alpha value is -2.08. The quantitative estimate of drug-likeness (QED) is 0.817. The van der Waals surface area contributed by atoms with Gasteiger partial charge < -0.3 is 10.2 Å². The van der Waals surface area contributed by atoms with E-state index < -0.39 is 0 Å². The zero-order valence-electron chi connectivity index (χ0n) is 15.3. The first-order valence-electron chi connectivity index (χ1n) is 9.41. The summed E-state index contributed by atoms with van der Waals surface area (Å²) in [5.74, 6) is -0.106. The van der Waals surface area contributed by atoms with Crippen LogP contribution in [0, 0.1) is 0 Å². The van der Waals surface area contributed by atoms with Gasteiger partial charge in [0.05, 0.1) is 23.3 Å². The summed E-state index contributed by atoms with van der Waals surface area (Å²) in [7, 11) is 0. The van der Waals surface area contributed by atoms with Crippen molar-refractivity contribution in [2.75, 3.05) is 29.9 Å². The van der Waals surface area contributed by atoms with Crippen LogP contribution < -0.4 is 10.2 Å². The number of nitrogens with zero attached hydrogens (tertiary/aromatic N) is 2. The van der Waals surface area contributed by atoms with E-state index in [0.29, 0.717) is 22.3 Å². The molecule has 1 fully saturated rings. The number of rotatable bonds is 4. The third-order valence-corrected chi connectivity index (χ3v) is 5.93. The van der Waals surface area contributed by atoms with E-state index in [0.717, 1.165) is 31.5 Å². The van der Waals surface area contributed by atoms with Crippen LogP contribution in [0.1, 0.15) is 18.4 Å². The number of para-hydroxylation sites is 1. The highest BCUT2D eigenvalue weighted by molar-refractivity contribution is 6.36. The van der Waals surface area contributed by atoms with Crippen LogP contribution in [0.25, 0.3) is 0 Å². The van der Waals surface area contributed by atoms with Gasteiger partial charge in [0.15, 0.2) is 0 Å². The molecule has 2 aliphatic heterocycles. The summed E-state index contributed by atoms with van der Waals surface area (Å²) in [4.78, 5) is 29.5. The molecule has 28 heavy (non-hydrogen) atoms. The lowest BCUT2D eigenvalue weighted by atomic mass is 10.2. The number of amides is 2. The molecule has 1 atom stereocenters. The van der Waals surface area contributed by atoms with E-state index in [1.165, 1.54) is 5.56 Å². The number of likely N-dealkylation sites (tertiary alicyclic amines) is 1. The average Bonchev–Trinajstić information content (AvgIpc) is 3.30. The first-order valence-corrected chi connectivity index (χ1v) is 10.2. The smallest absolute Gasteiger partial charge is 0.241 e. The number of halogens is 2. The molecule has 0 aliphatic carbocycles. The molecule has 2 amide bonds. The maximum Gasteiger partial charge on any atom is 0.241 e. The molecular formula is C21H21Cl2N3O2. The highest BCUT2D eigenvalue weighted by atomic mass is 35.5. The molecule has 146 valence electrons. The van der Waals surface area contributed by atoms with E-state index in [2.05, 4.69) is 11.4 Å². The minimum Gasteiger partial charge on any atom is -0.323 e. The summed E-state index contributed by atoms with van der Waals surface area (Å²) < 4.78 is 0. The highest BCUT2D eigenvalue weighted by Crippen LogP contribution is 2.29. The van der Waals surface area contributed by atoms with Crippen LogP contribution in [0.5, 0.6) is 0 Å². The van der Waals surface area contributed by atoms with E-state index in [9.17, 15) is 9.59 Å². The van der Waals surface area contributed by atoms with Crippen molar-refractivity contribution in [1.82, 2.24) is 4.90 Å². The number of carbonyl (C=O) groups is 2. The minimum atomic E-state index is -0.339. The SMILES string of the molecule is O=C(Nc1ccc(Cl)cc1Cl)C1CCCN1CC(=O)N1CCc2ccccc21. The van der Waals surface area contributed by atoms with Crippen LogP contribution in [-0.2, 0) is 16.0 Å². The lowest BCUT2D eigenvalue weighted by molar-refractivity contribution is -0.123. The second kappa shape index (κ2) is 8.11. The van der Waals surface area contributed by atoms with Gasteiger partial charge in [0.2, 0.25) is 11.8 Å². The van der Waals surface area contributed by atoms with Gasteiger partial charge in [-0.15, -0.1) is 0 Å². The predicted molar refractivity (Wildman–Crippen MR) is 112 cm³/mol. The Kier molecular flexibility index (Phi) is 5.58. The molecule has 5 nitrogen and oxygen atoms in total. The lowest BCUT2D eigenvalue weighted by Gasteiger charge is -2.26. The number of anilines is 2. The van der Waals surface area contributed by atoms with Crippen molar-refractivity contribution in [3.63, 3.8) is 0 Å². The predicted octanol–water partition coefficient (Wildman–Crippen LogP) is 3.99. The Labute approximate surface area is 174 Å². The third-order valence-electron chi connectivity index (χ3n) is 5.38. The topological polar surface area (TPSA) is 52.7 Å². The number of hydrogen-bond acceptors (Lipinski definition) is 3.